The van der Waals surface area contributed by atoms with Crippen LogP contribution >= 0.6 is 11.8 Å². The van der Waals surface area contributed by atoms with Crippen LogP contribution in [0.2, 0.25) is 0 Å². The van der Waals surface area contributed by atoms with E-state index >= 15 is 0 Å². The maximum Gasteiger partial charge on any atom is 0.269 e. The lowest BCUT2D eigenvalue weighted by Gasteiger charge is -2.15. The Morgan fingerprint density at radius 2 is 1.72 bits per heavy atom. The largest absolute Gasteiger partial charge is 0.461 e. The number of benzene rings is 2. The fraction of sp³-hybridized carbons (Fsp3) is 0.136. The van der Waals surface area contributed by atoms with Crippen molar-refractivity contribution >= 4 is 27.7 Å². The van der Waals surface area contributed by atoms with Gasteiger partial charge in [0.1, 0.15) is 4.90 Å². The maximum atomic E-state index is 12.8. The Kier molecular flexibility index (Phi) is 5.32. The lowest BCUT2D eigenvalue weighted by Crippen LogP contribution is -2.32. The predicted molar refractivity (Wildman–Crippen MR) is 119 cm³/mol. The third kappa shape index (κ3) is 3.61. The molecule has 0 radical (unpaired) electrons. The van der Waals surface area contributed by atoms with Crippen molar-refractivity contribution in [2.75, 3.05) is 12.3 Å². The molecule has 2 aromatic heterocycles. The first-order chi connectivity index (χ1) is 15.6. The zero-order valence-corrected chi connectivity index (χ0v) is 18.4. The summed E-state index contributed by atoms with van der Waals surface area (Å²) in [5, 5.41) is 9.18. The average Bonchev–Trinajstić information content (AvgIpc) is 3.50. The fourth-order valence-corrected chi connectivity index (χ4v) is 6.11. The number of thioether (sulfide) groups is 1. The molecule has 0 aliphatic carbocycles. The number of sulfonamides is 1. The lowest BCUT2D eigenvalue weighted by atomic mass is 10.2. The zero-order chi connectivity index (χ0) is 22.1. The van der Waals surface area contributed by atoms with E-state index in [0.717, 1.165) is 9.87 Å². The minimum atomic E-state index is -3.83. The smallest absolute Gasteiger partial charge is 0.269 e. The van der Waals surface area contributed by atoms with E-state index in [1.165, 1.54) is 23.9 Å². The quantitative estimate of drug-likeness (QED) is 0.384. The van der Waals surface area contributed by atoms with Gasteiger partial charge in [-0.25, -0.2) is 12.7 Å². The number of nitrogens with zero attached hydrogens (tertiary/aromatic N) is 4. The second kappa shape index (κ2) is 8.29. The predicted octanol–water partition coefficient (Wildman–Crippen LogP) is 3.52. The molecule has 1 aliphatic rings. The second-order valence-electron chi connectivity index (χ2n) is 7.08. The molecule has 2 aromatic carbocycles. The van der Waals surface area contributed by atoms with Crippen LogP contribution in [0.4, 0.5) is 0 Å². The third-order valence-corrected chi connectivity index (χ3v) is 7.87. The van der Waals surface area contributed by atoms with Crippen LogP contribution in [0, 0.1) is 0 Å². The van der Waals surface area contributed by atoms with Gasteiger partial charge in [0.15, 0.2) is 10.9 Å². The van der Waals surface area contributed by atoms with Gasteiger partial charge >= 0.3 is 0 Å². The summed E-state index contributed by atoms with van der Waals surface area (Å²) in [6.45, 7) is 0.563. The van der Waals surface area contributed by atoms with Gasteiger partial charge in [0.2, 0.25) is 5.82 Å². The second-order valence-corrected chi connectivity index (χ2v) is 9.97. The van der Waals surface area contributed by atoms with E-state index in [-0.39, 0.29) is 17.0 Å². The van der Waals surface area contributed by atoms with Crippen LogP contribution in [0.3, 0.4) is 0 Å². The topological polar surface area (TPSA) is 98.3 Å². The van der Waals surface area contributed by atoms with Crippen molar-refractivity contribution < 1.29 is 17.6 Å². The number of hydrogen-bond donors (Lipinski definition) is 0. The highest BCUT2D eigenvalue weighted by Crippen LogP contribution is 2.31. The van der Waals surface area contributed by atoms with Crippen molar-refractivity contribution in [2.45, 2.75) is 16.6 Å². The molecule has 5 rings (SSSR count). The molecule has 0 fully saturated rings. The molecule has 0 atom stereocenters. The van der Waals surface area contributed by atoms with Gasteiger partial charge in [-0.2, -0.15) is 0 Å². The van der Waals surface area contributed by atoms with Gasteiger partial charge in [0.05, 0.1) is 18.4 Å². The molecular weight excluding hydrogens is 448 g/mol. The van der Waals surface area contributed by atoms with Crippen molar-refractivity contribution in [1.82, 2.24) is 19.1 Å². The highest BCUT2D eigenvalue weighted by Gasteiger charge is 2.40. The summed E-state index contributed by atoms with van der Waals surface area (Å²) in [6, 6.07) is 19.7. The van der Waals surface area contributed by atoms with Crippen molar-refractivity contribution in [3.8, 4) is 11.6 Å². The Hall–Kier alpha value is -3.37. The molecule has 1 amide bonds. The van der Waals surface area contributed by atoms with Crippen LogP contribution in [0.1, 0.15) is 15.9 Å². The van der Waals surface area contributed by atoms with Gasteiger partial charge in [-0.1, -0.05) is 54.2 Å². The molecule has 1 aliphatic heterocycles. The molecule has 0 unspecified atom stereocenters. The number of carbonyl (C=O) groups excluding carboxylic acids is 1. The molecule has 4 aromatic rings. The van der Waals surface area contributed by atoms with Gasteiger partial charge in [-0.15, -0.1) is 10.2 Å². The SMILES string of the molecule is O=C1c2ccccc2S(=O)(=O)N1CCSc1nnc(-c2ccco2)n1Cc1ccccc1. The average molecular weight is 467 g/mol. The minimum absolute atomic E-state index is 0.0365. The van der Waals surface area contributed by atoms with Crippen LogP contribution in [-0.2, 0) is 16.6 Å². The summed E-state index contributed by atoms with van der Waals surface area (Å²) >= 11 is 1.34. The van der Waals surface area contributed by atoms with Gasteiger partial charge in [0, 0.05) is 12.3 Å². The summed E-state index contributed by atoms with van der Waals surface area (Å²) < 4.78 is 33.9. The summed E-state index contributed by atoms with van der Waals surface area (Å²) in [7, 11) is -3.83. The molecule has 0 bridgehead atoms. The van der Waals surface area contributed by atoms with Crippen LogP contribution in [0.15, 0.2) is 87.5 Å². The molecule has 162 valence electrons. The highest BCUT2D eigenvalue weighted by molar-refractivity contribution is 7.99. The molecule has 32 heavy (non-hydrogen) atoms. The standard InChI is InChI=1S/C22H18N4O4S2/c27-21-17-9-4-5-11-19(17)32(28,29)26(21)12-14-31-22-24-23-20(18-10-6-13-30-18)25(22)15-16-7-2-1-3-8-16/h1-11,13H,12,14-15H2. The monoisotopic (exact) mass is 466 g/mol. The first-order valence-corrected chi connectivity index (χ1v) is 12.3. The highest BCUT2D eigenvalue weighted by atomic mass is 32.2. The Bertz CT molecular complexity index is 1370. The van der Waals surface area contributed by atoms with E-state index in [1.54, 1.807) is 24.5 Å². The van der Waals surface area contributed by atoms with Gasteiger partial charge < -0.3 is 4.42 Å². The van der Waals surface area contributed by atoms with Crippen LogP contribution in [0.25, 0.3) is 11.6 Å². The molecule has 0 N–H and O–H groups in total. The number of furan rings is 1. The van der Waals surface area contributed by atoms with Gasteiger partial charge in [0.25, 0.3) is 15.9 Å². The molecular formula is C22H18N4O4S2. The number of carbonyl (C=O) groups is 1. The van der Waals surface area contributed by atoms with Gasteiger partial charge in [-0.05, 0) is 29.8 Å². The number of fused-ring (bicyclic) bond motifs is 1. The molecule has 3 heterocycles. The Balaban J connectivity index is 1.37. The first kappa shape index (κ1) is 20.5. The molecule has 10 heteroatoms. The van der Waals surface area contributed by atoms with Crippen molar-refractivity contribution in [1.29, 1.82) is 0 Å². The van der Waals surface area contributed by atoms with Crippen molar-refractivity contribution in [2.24, 2.45) is 0 Å². The van der Waals surface area contributed by atoms with E-state index in [9.17, 15) is 13.2 Å². The van der Waals surface area contributed by atoms with Crippen molar-refractivity contribution in [3.63, 3.8) is 0 Å². The summed E-state index contributed by atoms with van der Waals surface area (Å²) in [4.78, 5) is 12.7. The number of hydrogen-bond acceptors (Lipinski definition) is 7. The van der Waals surface area contributed by atoms with E-state index in [0.29, 0.717) is 29.0 Å². The van der Waals surface area contributed by atoms with E-state index < -0.39 is 15.9 Å². The zero-order valence-electron chi connectivity index (χ0n) is 16.8. The molecule has 0 saturated carbocycles. The summed E-state index contributed by atoms with van der Waals surface area (Å²) in [5.74, 6) is 1.01. The van der Waals surface area contributed by atoms with E-state index in [4.69, 9.17) is 4.42 Å². The van der Waals surface area contributed by atoms with E-state index in [2.05, 4.69) is 10.2 Å². The Labute approximate surface area is 188 Å². The van der Waals surface area contributed by atoms with Crippen molar-refractivity contribution in [3.05, 3.63) is 84.1 Å². The number of amides is 1. The number of rotatable bonds is 7. The van der Waals surface area contributed by atoms with Gasteiger partial charge in [-0.3, -0.25) is 9.36 Å². The normalized spacial score (nSPS) is 14.6. The van der Waals surface area contributed by atoms with Crippen LogP contribution < -0.4 is 0 Å². The van der Waals surface area contributed by atoms with Crippen LogP contribution in [-0.4, -0.2) is 45.7 Å². The molecule has 8 nitrogen and oxygen atoms in total. The number of aromatic nitrogens is 3. The van der Waals surface area contributed by atoms with E-state index in [1.807, 2.05) is 41.0 Å². The Morgan fingerprint density at radius 3 is 2.47 bits per heavy atom. The molecule has 0 spiro atoms. The third-order valence-electron chi connectivity index (χ3n) is 5.08. The molecule has 0 saturated heterocycles. The first-order valence-electron chi connectivity index (χ1n) is 9.85. The fourth-order valence-electron chi connectivity index (χ4n) is 3.56. The summed E-state index contributed by atoms with van der Waals surface area (Å²) in [6.07, 6.45) is 1.57. The maximum absolute atomic E-state index is 12.8. The summed E-state index contributed by atoms with van der Waals surface area (Å²) in [5.41, 5.74) is 1.28. The Morgan fingerprint density at radius 1 is 0.938 bits per heavy atom. The minimum Gasteiger partial charge on any atom is -0.461 e. The lowest BCUT2D eigenvalue weighted by molar-refractivity contribution is 0.0876. The van der Waals surface area contributed by atoms with Crippen LogP contribution in [0.5, 0.6) is 0 Å².